The number of hydrogen-bond acceptors (Lipinski definition) is 2. The van der Waals surface area contributed by atoms with Crippen LogP contribution in [0.4, 0.5) is 5.69 Å². The molecule has 1 aliphatic carbocycles. The average molecular weight is 477 g/mol. The fourth-order valence-electron chi connectivity index (χ4n) is 4.96. The first kappa shape index (κ1) is 24.3. The molecule has 5 heteroatoms. The van der Waals surface area contributed by atoms with E-state index in [-0.39, 0.29) is 17.7 Å². The maximum Gasteiger partial charge on any atom is 0.248 e. The number of allylic oxidation sites excluding steroid dienone is 3. The fraction of sp³-hybridized carbons (Fsp3) is 0.379. The van der Waals surface area contributed by atoms with Gasteiger partial charge in [0.2, 0.25) is 11.8 Å². The van der Waals surface area contributed by atoms with Crippen molar-refractivity contribution in [3.63, 3.8) is 0 Å². The Bertz CT molecular complexity index is 1120. The van der Waals surface area contributed by atoms with Crippen LogP contribution >= 0.6 is 11.6 Å². The minimum absolute atomic E-state index is 0.128. The van der Waals surface area contributed by atoms with Crippen molar-refractivity contribution in [1.82, 2.24) is 5.32 Å². The molecule has 2 N–H and O–H groups in total. The van der Waals surface area contributed by atoms with Gasteiger partial charge in [-0.15, -0.1) is 0 Å². The van der Waals surface area contributed by atoms with E-state index in [0.29, 0.717) is 17.9 Å². The van der Waals surface area contributed by atoms with Crippen molar-refractivity contribution in [1.29, 1.82) is 0 Å². The van der Waals surface area contributed by atoms with Crippen molar-refractivity contribution >= 4 is 29.1 Å². The number of halogens is 1. The Labute approximate surface area is 207 Å². The Morgan fingerprint density at radius 1 is 1.12 bits per heavy atom. The molecular formula is C29H33ClN2O2. The van der Waals surface area contributed by atoms with Gasteiger partial charge in [0.05, 0.1) is 0 Å². The molecule has 0 fully saturated rings. The highest BCUT2D eigenvalue weighted by Crippen LogP contribution is 2.31. The van der Waals surface area contributed by atoms with Crippen molar-refractivity contribution in [2.75, 3.05) is 5.32 Å². The first-order valence-corrected chi connectivity index (χ1v) is 12.7. The van der Waals surface area contributed by atoms with Crippen LogP contribution in [0, 0.1) is 5.92 Å². The molecule has 1 aliphatic heterocycles. The Kier molecular flexibility index (Phi) is 7.89. The Hall–Kier alpha value is -2.85. The number of rotatable bonds is 5. The molecule has 0 spiro atoms. The summed E-state index contributed by atoms with van der Waals surface area (Å²) in [5, 5.41) is 6.60. The molecule has 0 saturated carbocycles. The predicted octanol–water partition coefficient (Wildman–Crippen LogP) is 6.41. The number of fused-ring (bicyclic) bond motifs is 1. The van der Waals surface area contributed by atoms with Crippen LogP contribution in [0.3, 0.4) is 0 Å². The van der Waals surface area contributed by atoms with Crippen molar-refractivity contribution < 1.29 is 9.59 Å². The monoisotopic (exact) mass is 476 g/mol. The summed E-state index contributed by atoms with van der Waals surface area (Å²) < 4.78 is 0. The van der Waals surface area contributed by atoms with Crippen LogP contribution in [0.1, 0.15) is 57.1 Å². The quantitative estimate of drug-likeness (QED) is 0.524. The second-order valence-electron chi connectivity index (χ2n) is 9.42. The lowest BCUT2D eigenvalue weighted by molar-refractivity contribution is -0.124. The van der Waals surface area contributed by atoms with Gasteiger partial charge in [-0.1, -0.05) is 60.5 Å². The van der Waals surface area contributed by atoms with Crippen molar-refractivity contribution in [3.8, 4) is 0 Å². The molecule has 0 saturated heterocycles. The molecule has 1 heterocycles. The van der Waals surface area contributed by atoms with Gasteiger partial charge in [-0.3, -0.25) is 9.59 Å². The van der Waals surface area contributed by atoms with E-state index in [1.165, 1.54) is 16.7 Å². The fourth-order valence-corrected chi connectivity index (χ4v) is 5.14. The Balaban J connectivity index is 1.57. The van der Waals surface area contributed by atoms with Crippen molar-refractivity contribution in [2.24, 2.45) is 5.92 Å². The number of hydrogen-bond donors (Lipinski definition) is 2. The zero-order chi connectivity index (χ0) is 24.1. The van der Waals surface area contributed by atoms with E-state index in [1.807, 2.05) is 18.2 Å². The minimum Gasteiger partial charge on any atom is -0.340 e. The van der Waals surface area contributed by atoms with E-state index in [0.717, 1.165) is 48.9 Å². The average Bonchev–Trinajstić information content (AvgIpc) is 2.97. The van der Waals surface area contributed by atoms with Crippen LogP contribution in [0.25, 0.3) is 0 Å². The predicted molar refractivity (Wildman–Crippen MR) is 139 cm³/mol. The van der Waals surface area contributed by atoms with Crippen LogP contribution in [-0.4, -0.2) is 17.9 Å². The van der Waals surface area contributed by atoms with Crippen LogP contribution in [-0.2, 0) is 22.4 Å². The lowest BCUT2D eigenvalue weighted by Crippen LogP contribution is -2.44. The Morgan fingerprint density at radius 2 is 1.91 bits per heavy atom. The summed E-state index contributed by atoms with van der Waals surface area (Å²) in [6.07, 6.45) is 8.16. The summed E-state index contributed by atoms with van der Waals surface area (Å²) in [5.41, 5.74) is 6.35. The third-order valence-electron chi connectivity index (χ3n) is 7.07. The number of amides is 2. The summed E-state index contributed by atoms with van der Waals surface area (Å²) in [6.45, 7) is 4.32. The first-order valence-electron chi connectivity index (χ1n) is 12.3. The summed E-state index contributed by atoms with van der Waals surface area (Å²) in [5.74, 6) is -0.134. The number of anilines is 1. The number of aryl methyl sites for hydroxylation is 1. The zero-order valence-electron chi connectivity index (χ0n) is 20.0. The molecular weight excluding hydrogens is 444 g/mol. The van der Waals surface area contributed by atoms with Gasteiger partial charge >= 0.3 is 0 Å². The maximum atomic E-state index is 13.6. The van der Waals surface area contributed by atoms with E-state index in [4.69, 9.17) is 11.6 Å². The number of benzene rings is 2. The van der Waals surface area contributed by atoms with Gasteiger partial charge in [-0.25, -0.2) is 0 Å². The molecule has 4 nitrogen and oxygen atoms in total. The molecule has 2 unspecified atom stereocenters. The largest absolute Gasteiger partial charge is 0.340 e. The second kappa shape index (κ2) is 11.1. The molecule has 34 heavy (non-hydrogen) atoms. The van der Waals surface area contributed by atoms with Crippen LogP contribution < -0.4 is 10.6 Å². The van der Waals surface area contributed by atoms with Crippen molar-refractivity contribution in [2.45, 2.75) is 64.8 Å². The molecule has 2 aromatic rings. The van der Waals surface area contributed by atoms with E-state index >= 15 is 0 Å². The maximum absolute atomic E-state index is 13.6. The summed E-state index contributed by atoms with van der Waals surface area (Å²) in [4.78, 5) is 26.5. The van der Waals surface area contributed by atoms with Gasteiger partial charge in [0.25, 0.3) is 0 Å². The van der Waals surface area contributed by atoms with E-state index < -0.39 is 6.04 Å². The van der Waals surface area contributed by atoms with E-state index in [9.17, 15) is 9.59 Å². The smallest absolute Gasteiger partial charge is 0.248 e. The third-order valence-corrected chi connectivity index (χ3v) is 7.30. The third kappa shape index (κ3) is 5.79. The molecule has 2 atom stereocenters. The number of carbonyl (C=O) groups excluding carboxylic acids is 2. The molecule has 2 aliphatic rings. The molecule has 2 amide bonds. The number of nitrogens with one attached hydrogen (secondary N) is 2. The molecule has 0 bridgehead atoms. The van der Waals surface area contributed by atoms with Gasteiger partial charge in [-0.2, -0.15) is 0 Å². The number of carbonyl (C=O) groups is 2. The van der Waals surface area contributed by atoms with Gasteiger partial charge < -0.3 is 10.6 Å². The first-order chi connectivity index (χ1) is 16.4. The lowest BCUT2D eigenvalue weighted by atomic mass is 9.83. The molecule has 0 aromatic heterocycles. The highest BCUT2D eigenvalue weighted by atomic mass is 35.5. The molecule has 2 aromatic carbocycles. The van der Waals surface area contributed by atoms with Gasteiger partial charge in [0.15, 0.2) is 0 Å². The summed E-state index contributed by atoms with van der Waals surface area (Å²) >= 11 is 6.11. The minimum atomic E-state index is -0.579. The standard InChI is InChI=1S/C29H33ClN2O2/c1-3-21-11-7-8-19(2)23(16-20-9-5-4-6-10-20)17-25(21)28(33)31-26-15-13-22-12-14-24(30)18-27(22)32-29(26)34/h4-6,9-10,12,14,17-18,21,26H,3,7-8,11,13,15-16H2,1-2H3,(H,31,33)(H,32,34). The molecule has 178 valence electrons. The zero-order valence-corrected chi connectivity index (χ0v) is 20.8. The topological polar surface area (TPSA) is 58.2 Å². The normalized spacial score (nSPS) is 20.9. The van der Waals surface area contributed by atoms with Gasteiger partial charge in [0.1, 0.15) is 6.04 Å². The highest BCUT2D eigenvalue weighted by Gasteiger charge is 2.29. The van der Waals surface area contributed by atoms with Gasteiger partial charge in [-0.05, 0) is 92.7 Å². The SMILES string of the molecule is CCC1CCCC(C)=C(Cc2ccccc2)C=C1C(=O)NC1CCc2ccc(Cl)cc2NC1=O. The Morgan fingerprint density at radius 3 is 2.68 bits per heavy atom. The van der Waals surface area contributed by atoms with E-state index in [1.54, 1.807) is 6.07 Å². The van der Waals surface area contributed by atoms with Crippen LogP contribution in [0.2, 0.25) is 5.02 Å². The van der Waals surface area contributed by atoms with Crippen LogP contribution in [0.15, 0.2) is 71.3 Å². The summed E-state index contributed by atoms with van der Waals surface area (Å²) in [7, 11) is 0. The summed E-state index contributed by atoms with van der Waals surface area (Å²) in [6, 6.07) is 15.3. The van der Waals surface area contributed by atoms with Crippen LogP contribution in [0.5, 0.6) is 0 Å². The second-order valence-corrected chi connectivity index (χ2v) is 9.86. The van der Waals surface area contributed by atoms with E-state index in [2.05, 4.69) is 54.8 Å². The molecule has 0 radical (unpaired) electrons. The van der Waals surface area contributed by atoms with Crippen molar-refractivity contribution in [3.05, 3.63) is 87.5 Å². The molecule has 4 rings (SSSR count). The van der Waals surface area contributed by atoms with Gasteiger partial charge in [0, 0.05) is 16.3 Å². The lowest BCUT2D eigenvalue weighted by Gasteiger charge is -2.25. The highest BCUT2D eigenvalue weighted by molar-refractivity contribution is 6.31.